The standard InChI is InChI=1S/C14H15N5O3/c1-2-17-7-8-18(13(21)12(17)20)14(22)16-10-4-6-19-11(9-10)3-5-15-19/h3-6,9H,2,7-8H2,1H3,(H,16,22). The van der Waals surface area contributed by atoms with Crippen molar-refractivity contribution in [2.24, 2.45) is 0 Å². The summed E-state index contributed by atoms with van der Waals surface area (Å²) in [5.41, 5.74) is 1.35. The summed E-state index contributed by atoms with van der Waals surface area (Å²) in [7, 11) is 0. The van der Waals surface area contributed by atoms with Crippen molar-refractivity contribution in [2.75, 3.05) is 25.0 Å². The third-order valence-electron chi connectivity index (χ3n) is 3.59. The van der Waals surface area contributed by atoms with E-state index in [2.05, 4.69) is 10.4 Å². The number of fused-ring (bicyclic) bond motifs is 1. The van der Waals surface area contributed by atoms with Crippen molar-refractivity contribution in [1.29, 1.82) is 0 Å². The van der Waals surface area contributed by atoms with Crippen molar-refractivity contribution < 1.29 is 14.4 Å². The number of hydrogen-bond acceptors (Lipinski definition) is 4. The Kier molecular flexibility index (Phi) is 3.50. The van der Waals surface area contributed by atoms with Gasteiger partial charge in [-0.25, -0.2) is 9.31 Å². The molecule has 0 unspecified atom stereocenters. The molecule has 0 saturated carbocycles. The minimum atomic E-state index is -0.795. The summed E-state index contributed by atoms with van der Waals surface area (Å²) in [4.78, 5) is 38.3. The van der Waals surface area contributed by atoms with Crippen molar-refractivity contribution in [3.8, 4) is 0 Å². The Labute approximate surface area is 126 Å². The van der Waals surface area contributed by atoms with Crippen LogP contribution in [0.2, 0.25) is 0 Å². The largest absolute Gasteiger partial charge is 0.333 e. The molecular weight excluding hydrogens is 286 g/mol. The molecule has 1 aliphatic heterocycles. The van der Waals surface area contributed by atoms with E-state index in [1.165, 1.54) is 4.90 Å². The van der Waals surface area contributed by atoms with E-state index in [0.29, 0.717) is 18.8 Å². The molecule has 0 bridgehead atoms. The maximum absolute atomic E-state index is 12.2. The first kappa shape index (κ1) is 14.1. The summed E-state index contributed by atoms with van der Waals surface area (Å²) < 4.78 is 1.66. The highest BCUT2D eigenvalue weighted by molar-refractivity contribution is 6.38. The van der Waals surface area contributed by atoms with Gasteiger partial charge < -0.3 is 10.2 Å². The van der Waals surface area contributed by atoms with Crippen LogP contribution < -0.4 is 5.32 Å². The monoisotopic (exact) mass is 301 g/mol. The Bertz CT molecular complexity index is 754. The molecule has 1 N–H and O–H groups in total. The quantitative estimate of drug-likeness (QED) is 0.821. The molecule has 2 aromatic heterocycles. The zero-order valence-electron chi connectivity index (χ0n) is 12.0. The van der Waals surface area contributed by atoms with Gasteiger partial charge >= 0.3 is 17.8 Å². The normalized spacial score (nSPS) is 15.5. The Morgan fingerprint density at radius 3 is 2.86 bits per heavy atom. The zero-order chi connectivity index (χ0) is 15.7. The molecule has 3 heterocycles. The molecule has 8 nitrogen and oxygen atoms in total. The van der Waals surface area contributed by atoms with Gasteiger partial charge in [-0.05, 0) is 25.1 Å². The van der Waals surface area contributed by atoms with Crippen molar-refractivity contribution >= 4 is 29.0 Å². The first-order valence-electron chi connectivity index (χ1n) is 6.95. The maximum atomic E-state index is 12.2. The molecule has 1 saturated heterocycles. The van der Waals surface area contributed by atoms with E-state index < -0.39 is 17.8 Å². The van der Waals surface area contributed by atoms with Gasteiger partial charge in [-0.3, -0.25) is 14.5 Å². The molecule has 8 heteroatoms. The molecule has 0 aliphatic carbocycles. The fourth-order valence-corrected chi connectivity index (χ4v) is 2.36. The Morgan fingerprint density at radius 2 is 2.09 bits per heavy atom. The Hall–Kier alpha value is -2.90. The number of imide groups is 1. The summed E-state index contributed by atoms with van der Waals surface area (Å²) in [5, 5.41) is 6.69. The summed E-state index contributed by atoms with van der Waals surface area (Å²) >= 11 is 0. The van der Waals surface area contributed by atoms with Gasteiger partial charge in [-0.15, -0.1) is 0 Å². The van der Waals surface area contributed by atoms with Crippen molar-refractivity contribution in [1.82, 2.24) is 19.4 Å². The predicted molar refractivity (Wildman–Crippen MR) is 78.2 cm³/mol. The van der Waals surface area contributed by atoms with Gasteiger partial charge in [0, 0.05) is 37.7 Å². The van der Waals surface area contributed by atoms with Gasteiger partial charge in [0.15, 0.2) is 0 Å². The number of carbonyl (C=O) groups excluding carboxylic acids is 3. The molecule has 4 amide bonds. The van der Waals surface area contributed by atoms with Crippen LogP contribution in [0.4, 0.5) is 10.5 Å². The minimum absolute atomic E-state index is 0.194. The van der Waals surface area contributed by atoms with Gasteiger partial charge in [-0.1, -0.05) is 0 Å². The fraction of sp³-hybridized carbons (Fsp3) is 0.286. The van der Waals surface area contributed by atoms with E-state index in [-0.39, 0.29) is 6.54 Å². The van der Waals surface area contributed by atoms with Gasteiger partial charge in [0.25, 0.3) is 0 Å². The highest BCUT2D eigenvalue weighted by atomic mass is 16.2. The Balaban J connectivity index is 1.74. The number of anilines is 1. The topological polar surface area (TPSA) is 87.0 Å². The molecule has 0 spiro atoms. The molecule has 0 aromatic carbocycles. The van der Waals surface area contributed by atoms with Gasteiger partial charge in [0.1, 0.15) is 0 Å². The van der Waals surface area contributed by atoms with Crippen LogP contribution in [0.5, 0.6) is 0 Å². The van der Waals surface area contributed by atoms with Crippen LogP contribution in [0.3, 0.4) is 0 Å². The Morgan fingerprint density at radius 1 is 1.27 bits per heavy atom. The van der Waals surface area contributed by atoms with Crippen LogP contribution in [0.15, 0.2) is 30.6 Å². The van der Waals surface area contributed by atoms with Crippen molar-refractivity contribution in [3.63, 3.8) is 0 Å². The molecule has 114 valence electrons. The lowest BCUT2D eigenvalue weighted by atomic mass is 10.3. The van der Waals surface area contributed by atoms with Crippen LogP contribution in [0, 0.1) is 0 Å². The van der Waals surface area contributed by atoms with Crippen molar-refractivity contribution in [2.45, 2.75) is 6.92 Å². The SMILES string of the molecule is CCN1CCN(C(=O)Nc2ccn3nccc3c2)C(=O)C1=O. The van der Waals surface area contributed by atoms with Gasteiger partial charge in [0.2, 0.25) is 0 Å². The number of pyridine rings is 1. The lowest BCUT2D eigenvalue weighted by molar-refractivity contribution is -0.153. The van der Waals surface area contributed by atoms with Crippen LogP contribution >= 0.6 is 0 Å². The lowest BCUT2D eigenvalue weighted by Crippen LogP contribution is -2.56. The lowest BCUT2D eigenvalue weighted by Gasteiger charge is -2.31. The zero-order valence-corrected chi connectivity index (χ0v) is 12.0. The predicted octanol–water partition coefficient (Wildman–Crippen LogP) is 0.557. The van der Waals surface area contributed by atoms with Crippen molar-refractivity contribution in [3.05, 3.63) is 30.6 Å². The number of amides is 4. The molecule has 0 radical (unpaired) electrons. The van der Waals surface area contributed by atoms with E-state index in [0.717, 1.165) is 10.4 Å². The van der Waals surface area contributed by atoms with Crippen LogP contribution in [-0.2, 0) is 9.59 Å². The smallest absolute Gasteiger partial charge is 0.329 e. The van der Waals surface area contributed by atoms with Crippen LogP contribution in [0.1, 0.15) is 6.92 Å². The van der Waals surface area contributed by atoms with Gasteiger partial charge in [0.05, 0.1) is 5.52 Å². The summed E-state index contributed by atoms with van der Waals surface area (Å²) in [6.45, 7) is 2.80. The fourth-order valence-electron chi connectivity index (χ4n) is 2.36. The number of nitrogens with zero attached hydrogens (tertiary/aromatic N) is 4. The number of nitrogens with one attached hydrogen (secondary N) is 1. The van der Waals surface area contributed by atoms with E-state index in [1.54, 1.807) is 42.0 Å². The first-order valence-corrected chi connectivity index (χ1v) is 6.95. The molecule has 3 rings (SSSR count). The maximum Gasteiger partial charge on any atom is 0.329 e. The van der Waals surface area contributed by atoms with E-state index in [4.69, 9.17) is 0 Å². The number of urea groups is 1. The number of piperazine rings is 1. The number of carbonyl (C=O) groups is 3. The molecular formula is C14H15N5O3. The van der Waals surface area contributed by atoms with E-state index in [9.17, 15) is 14.4 Å². The number of rotatable bonds is 2. The third-order valence-corrected chi connectivity index (χ3v) is 3.59. The second-order valence-electron chi connectivity index (χ2n) is 4.89. The average molecular weight is 301 g/mol. The highest BCUT2D eigenvalue weighted by Gasteiger charge is 2.35. The average Bonchev–Trinajstić information content (AvgIpc) is 2.97. The molecule has 22 heavy (non-hydrogen) atoms. The number of aromatic nitrogens is 2. The first-order chi connectivity index (χ1) is 10.6. The molecule has 1 aliphatic rings. The summed E-state index contributed by atoms with van der Waals surface area (Å²) in [6, 6.07) is 4.61. The second-order valence-corrected chi connectivity index (χ2v) is 4.89. The van der Waals surface area contributed by atoms with Gasteiger partial charge in [-0.2, -0.15) is 5.10 Å². The van der Waals surface area contributed by atoms with E-state index >= 15 is 0 Å². The highest BCUT2D eigenvalue weighted by Crippen LogP contribution is 2.13. The molecule has 2 aromatic rings. The van der Waals surface area contributed by atoms with Crippen LogP contribution in [-0.4, -0.2) is 56.9 Å². The summed E-state index contributed by atoms with van der Waals surface area (Å²) in [6.07, 6.45) is 3.35. The molecule has 0 atom stereocenters. The third kappa shape index (κ3) is 2.39. The van der Waals surface area contributed by atoms with Crippen LogP contribution in [0.25, 0.3) is 5.52 Å². The molecule has 1 fully saturated rings. The second kappa shape index (κ2) is 5.47. The summed E-state index contributed by atoms with van der Waals surface area (Å²) in [5.74, 6) is -1.44. The number of likely N-dealkylation sites (N-methyl/N-ethyl adjacent to an activating group) is 1. The minimum Gasteiger partial charge on any atom is -0.333 e. The number of hydrogen-bond donors (Lipinski definition) is 1. The van der Waals surface area contributed by atoms with E-state index in [1.807, 2.05) is 0 Å².